The molecule has 0 spiro atoms. The van der Waals surface area contributed by atoms with Crippen LogP contribution in [0.1, 0.15) is 63.2 Å². The molecule has 0 radical (unpaired) electrons. The fourth-order valence-electron chi connectivity index (χ4n) is 1.66. The fraction of sp³-hybridized carbons (Fsp3) is 0.625. The van der Waals surface area contributed by atoms with E-state index in [1.54, 1.807) is 6.20 Å². The number of hydrogen-bond donors (Lipinski definition) is 1. The summed E-state index contributed by atoms with van der Waals surface area (Å²) in [5, 5.41) is 3.02. The van der Waals surface area contributed by atoms with Gasteiger partial charge in [0, 0.05) is 23.3 Å². The van der Waals surface area contributed by atoms with E-state index in [0.717, 1.165) is 11.3 Å². The average Bonchev–Trinajstić information content (AvgIpc) is 2.27. The van der Waals surface area contributed by atoms with Crippen molar-refractivity contribution in [3.05, 3.63) is 29.1 Å². The van der Waals surface area contributed by atoms with Crippen LogP contribution in [-0.2, 0) is 5.41 Å². The van der Waals surface area contributed by atoms with Crippen LogP contribution in [0.2, 0.25) is 0 Å². The van der Waals surface area contributed by atoms with Crippen LogP contribution < -0.4 is 5.32 Å². The molecule has 0 saturated heterocycles. The largest absolute Gasteiger partial charge is 0.349 e. The Labute approximate surface area is 116 Å². The third-order valence-corrected chi connectivity index (χ3v) is 3.48. The smallest absolute Gasteiger partial charge is 0.253 e. The summed E-state index contributed by atoms with van der Waals surface area (Å²) >= 11 is 0. The molecule has 1 aromatic rings. The van der Waals surface area contributed by atoms with Crippen molar-refractivity contribution in [2.24, 2.45) is 5.92 Å². The van der Waals surface area contributed by atoms with Gasteiger partial charge in [-0.25, -0.2) is 0 Å². The Morgan fingerprint density at radius 3 is 2.26 bits per heavy atom. The summed E-state index contributed by atoms with van der Waals surface area (Å²) < 4.78 is 0. The molecule has 0 bridgehead atoms. The zero-order valence-electron chi connectivity index (χ0n) is 13.2. The van der Waals surface area contributed by atoms with Gasteiger partial charge in [0.1, 0.15) is 0 Å². The number of nitrogens with zero attached hydrogens (tertiary/aromatic N) is 1. The molecule has 1 amide bonds. The van der Waals surface area contributed by atoms with Crippen molar-refractivity contribution in [2.45, 2.75) is 59.9 Å². The van der Waals surface area contributed by atoms with Crippen molar-refractivity contribution >= 4 is 5.91 Å². The maximum atomic E-state index is 12.2. The monoisotopic (exact) mass is 262 g/mol. The molecule has 0 fully saturated rings. The minimum Gasteiger partial charge on any atom is -0.349 e. The van der Waals surface area contributed by atoms with Crippen LogP contribution in [0.25, 0.3) is 0 Å². The predicted molar refractivity (Wildman–Crippen MR) is 79.4 cm³/mol. The van der Waals surface area contributed by atoms with Crippen molar-refractivity contribution in [1.29, 1.82) is 0 Å². The molecule has 1 N–H and O–H groups in total. The van der Waals surface area contributed by atoms with E-state index >= 15 is 0 Å². The number of rotatable bonds is 3. The molecule has 1 rings (SSSR count). The van der Waals surface area contributed by atoms with E-state index in [9.17, 15) is 4.79 Å². The topological polar surface area (TPSA) is 42.0 Å². The van der Waals surface area contributed by atoms with Gasteiger partial charge in [-0.1, -0.05) is 34.6 Å². The number of aryl methyl sites for hydroxylation is 1. The number of carbonyl (C=O) groups excluding carboxylic acids is 1. The van der Waals surface area contributed by atoms with Gasteiger partial charge in [0.05, 0.1) is 5.56 Å². The highest BCUT2D eigenvalue weighted by molar-refractivity contribution is 5.95. The van der Waals surface area contributed by atoms with Gasteiger partial charge in [-0.2, -0.15) is 0 Å². The van der Waals surface area contributed by atoms with Crippen molar-refractivity contribution in [1.82, 2.24) is 10.3 Å². The molecule has 0 aliphatic carbocycles. The number of carbonyl (C=O) groups is 1. The highest BCUT2D eigenvalue weighted by Crippen LogP contribution is 2.22. The van der Waals surface area contributed by atoms with Crippen molar-refractivity contribution in [3.63, 3.8) is 0 Å². The summed E-state index contributed by atoms with van der Waals surface area (Å²) in [7, 11) is 0. The SMILES string of the molecule is Cc1cc(C(C)(C)C)ncc1C(=O)NC(C)C(C)C. The lowest BCUT2D eigenvalue weighted by Crippen LogP contribution is -2.36. The van der Waals surface area contributed by atoms with E-state index in [1.165, 1.54) is 0 Å². The van der Waals surface area contributed by atoms with Crippen LogP contribution in [0.3, 0.4) is 0 Å². The predicted octanol–water partition coefficient (Wildman–Crippen LogP) is 3.46. The number of hydrogen-bond acceptors (Lipinski definition) is 2. The Balaban J connectivity index is 2.94. The molecule has 1 atom stereocenters. The van der Waals surface area contributed by atoms with Crippen molar-refractivity contribution in [2.75, 3.05) is 0 Å². The Morgan fingerprint density at radius 1 is 1.26 bits per heavy atom. The zero-order chi connectivity index (χ0) is 14.8. The second-order valence-corrected chi connectivity index (χ2v) is 6.64. The first kappa shape index (κ1) is 15.7. The third-order valence-electron chi connectivity index (χ3n) is 3.48. The maximum Gasteiger partial charge on any atom is 0.253 e. The van der Waals surface area contributed by atoms with Crippen LogP contribution in [0.4, 0.5) is 0 Å². The minimum absolute atomic E-state index is 0.00495. The van der Waals surface area contributed by atoms with Gasteiger partial charge in [-0.05, 0) is 31.4 Å². The minimum atomic E-state index is -0.0355. The van der Waals surface area contributed by atoms with Crippen LogP contribution in [0.5, 0.6) is 0 Å². The Hall–Kier alpha value is -1.38. The van der Waals surface area contributed by atoms with Crippen molar-refractivity contribution < 1.29 is 4.79 Å². The second-order valence-electron chi connectivity index (χ2n) is 6.64. The summed E-state index contributed by atoms with van der Waals surface area (Å²) in [6, 6.07) is 2.17. The van der Waals surface area contributed by atoms with Crippen LogP contribution in [0, 0.1) is 12.8 Å². The van der Waals surface area contributed by atoms with E-state index in [4.69, 9.17) is 0 Å². The molecule has 0 aromatic carbocycles. The molecule has 0 aliphatic rings. The number of pyridine rings is 1. The molecule has 1 unspecified atom stereocenters. The number of aromatic nitrogens is 1. The highest BCUT2D eigenvalue weighted by Gasteiger charge is 2.19. The van der Waals surface area contributed by atoms with Crippen LogP contribution in [-0.4, -0.2) is 16.9 Å². The Bertz CT molecular complexity index is 458. The summed E-state index contributed by atoms with van der Waals surface area (Å²) in [4.78, 5) is 16.6. The van der Waals surface area contributed by atoms with Crippen LogP contribution in [0.15, 0.2) is 12.3 Å². The lowest BCUT2D eigenvalue weighted by molar-refractivity contribution is 0.0929. The van der Waals surface area contributed by atoms with E-state index in [2.05, 4.69) is 44.9 Å². The van der Waals surface area contributed by atoms with Gasteiger partial charge in [-0.3, -0.25) is 9.78 Å². The lowest BCUT2D eigenvalue weighted by Gasteiger charge is -2.20. The molecule has 19 heavy (non-hydrogen) atoms. The zero-order valence-corrected chi connectivity index (χ0v) is 13.2. The molecule has 0 saturated carbocycles. The molecular weight excluding hydrogens is 236 g/mol. The molecule has 0 aliphatic heterocycles. The Morgan fingerprint density at radius 2 is 1.84 bits per heavy atom. The summed E-state index contributed by atoms with van der Waals surface area (Å²) in [6.07, 6.45) is 1.69. The van der Waals surface area contributed by atoms with Gasteiger partial charge >= 0.3 is 0 Å². The first-order valence-corrected chi connectivity index (χ1v) is 6.91. The third kappa shape index (κ3) is 4.05. The second kappa shape index (κ2) is 5.72. The van der Waals surface area contributed by atoms with E-state index in [1.807, 2.05) is 19.9 Å². The standard InChI is InChI=1S/C16H26N2O/c1-10(2)12(4)18-15(19)13-9-17-14(8-11(13)3)16(5,6)7/h8-10,12H,1-7H3,(H,18,19). The average molecular weight is 262 g/mol. The van der Waals surface area contributed by atoms with Crippen molar-refractivity contribution in [3.8, 4) is 0 Å². The van der Waals surface area contributed by atoms with Gasteiger partial charge < -0.3 is 5.32 Å². The van der Waals surface area contributed by atoms with E-state index in [0.29, 0.717) is 11.5 Å². The summed E-state index contributed by atoms with van der Waals surface area (Å²) in [6.45, 7) is 14.5. The fourth-order valence-corrected chi connectivity index (χ4v) is 1.66. The van der Waals surface area contributed by atoms with E-state index < -0.39 is 0 Å². The first-order valence-electron chi connectivity index (χ1n) is 6.91. The van der Waals surface area contributed by atoms with Crippen LogP contribution >= 0.6 is 0 Å². The van der Waals surface area contributed by atoms with Gasteiger partial charge in [0.15, 0.2) is 0 Å². The Kier molecular flexibility index (Phi) is 4.72. The molecule has 1 aromatic heterocycles. The van der Waals surface area contributed by atoms with Gasteiger partial charge in [0.25, 0.3) is 5.91 Å². The molecular formula is C16H26N2O. The summed E-state index contributed by atoms with van der Waals surface area (Å²) in [5.41, 5.74) is 2.66. The molecule has 106 valence electrons. The summed E-state index contributed by atoms with van der Waals surface area (Å²) in [5.74, 6) is 0.387. The van der Waals surface area contributed by atoms with Gasteiger partial charge in [-0.15, -0.1) is 0 Å². The molecule has 1 heterocycles. The number of nitrogens with one attached hydrogen (secondary N) is 1. The maximum absolute atomic E-state index is 12.2. The quantitative estimate of drug-likeness (QED) is 0.906. The number of amides is 1. The molecule has 3 heteroatoms. The highest BCUT2D eigenvalue weighted by atomic mass is 16.1. The first-order chi connectivity index (χ1) is 8.62. The lowest BCUT2D eigenvalue weighted by atomic mass is 9.90. The molecule has 3 nitrogen and oxygen atoms in total. The normalized spacial score (nSPS) is 13.5. The van der Waals surface area contributed by atoms with E-state index in [-0.39, 0.29) is 17.4 Å². The van der Waals surface area contributed by atoms with Gasteiger partial charge in [0.2, 0.25) is 0 Å².